The van der Waals surface area contributed by atoms with Crippen molar-refractivity contribution in [3.63, 3.8) is 0 Å². The number of nitrogens with zero attached hydrogens (tertiary/aromatic N) is 1. The van der Waals surface area contributed by atoms with Gasteiger partial charge in [0, 0.05) is 37.2 Å². The zero-order chi connectivity index (χ0) is 25.3. The Labute approximate surface area is 216 Å². The molecule has 2 fully saturated rings. The quantitative estimate of drug-likeness (QED) is 0.262. The van der Waals surface area contributed by atoms with E-state index in [0.717, 1.165) is 54.7 Å². The highest BCUT2D eigenvalue weighted by Gasteiger charge is 2.41. The van der Waals surface area contributed by atoms with Gasteiger partial charge in [-0.05, 0) is 68.3 Å². The Balaban J connectivity index is 1.39. The number of carbonyl (C=O) groups is 1. The smallest absolute Gasteiger partial charge is 0.407 e. The fourth-order valence-electron chi connectivity index (χ4n) is 5.39. The number of unbranched alkanes of at least 4 members (excludes halogenated alkanes) is 1. The third-order valence-corrected chi connectivity index (χ3v) is 7.53. The van der Waals surface area contributed by atoms with E-state index in [0.29, 0.717) is 25.0 Å². The standard InChI is InChI=1S/C30H44N2O4/c1-4-5-14-34-15-13-25(19-31-30(33)35-20-22-9-7-6-8-10-22)28-27(24-11-12-24)29(36-32-28)26-17-23(18-26)16-21(2)3/h6-10,21,23-26H,4-5,11-20H2,1-3H3,(H,31,33)/t23-,25-,26+/m1/s1. The Bertz CT molecular complexity index is 932. The summed E-state index contributed by atoms with van der Waals surface area (Å²) < 4.78 is 17.4. The third kappa shape index (κ3) is 7.58. The van der Waals surface area contributed by atoms with Gasteiger partial charge in [-0.1, -0.05) is 62.7 Å². The number of nitrogens with one attached hydrogen (secondary N) is 1. The van der Waals surface area contributed by atoms with E-state index in [1.807, 2.05) is 30.3 Å². The molecule has 0 saturated heterocycles. The Morgan fingerprint density at radius 2 is 1.92 bits per heavy atom. The average Bonchev–Trinajstić information content (AvgIpc) is 3.60. The van der Waals surface area contributed by atoms with Gasteiger partial charge in [0.15, 0.2) is 0 Å². The summed E-state index contributed by atoms with van der Waals surface area (Å²) in [5.74, 6) is 3.77. The lowest BCUT2D eigenvalue weighted by Crippen LogP contribution is -2.30. The molecule has 2 aromatic rings. The topological polar surface area (TPSA) is 73.6 Å². The minimum absolute atomic E-state index is 0.0514. The molecule has 0 unspecified atom stereocenters. The summed E-state index contributed by atoms with van der Waals surface area (Å²) in [6, 6.07) is 9.75. The fraction of sp³-hybridized carbons (Fsp3) is 0.667. The molecule has 1 aromatic heterocycles. The number of carbonyl (C=O) groups excluding carboxylic acids is 1. The molecule has 6 nitrogen and oxygen atoms in total. The number of aromatic nitrogens is 1. The second kappa shape index (κ2) is 13.3. The van der Waals surface area contributed by atoms with Crippen molar-refractivity contribution in [3.8, 4) is 0 Å². The zero-order valence-electron chi connectivity index (χ0n) is 22.3. The summed E-state index contributed by atoms with van der Waals surface area (Å²) in [6.45, 7) is 8.94. The van der Waals surface area contributed by atoms with Crippen LogP contribution in [-0.2, 0) is 16.1 Å². The summed E-state index contributed by atoms with van der Waals surface area (Å²) in [5.41, 5.74) is 3.34. The average molecular weight is 497 g/mol. The van der Waals surface area contributed by atoms with E-state index in [9.17, 15) is 4.79 Å². The van der Waals surface area contributed by atoms with Gasteiger partial charge in [-0.25, -0.2) is 4.79 Å². The van der Waals surface area contributed by atoms with Crippen molar-refractivity contribution in [1.29, 1.82) is 0 Å². The lowest BCUT2D eigenvalue weighted by atomic mass is 9.69. The molecule has 0 radical (unpaired) electrons. The number of hydrogen-bond donors (Lipinski definition) is 1. The number of hydrogen-bond acceptors (Lipinski definition) is 5. The molecule has 1 amide bonds. The highest BCUT2D eigenvalue weighted by Crippen LogP contribution is 2.52. The molecule has 0 aliphatic heterocycles. The number of ether oxygens (including phenoxy) is 2. The minimum Gasteiger partial charge on any atom is -0.445 e. The van der Waals surface area contributed by atoms with E-state index < -0.39 is 6.09 Å². The Morgan fingerprint density at radius 3 is 2.61 bits per heavy atom. The van der Waals surface area contributed by atoms with Gasteiger partial charge in [-0.15, -0.1) is 0 Å². The Morgan fingerprint density at radius 1 is 1.14 bits per heavy atom. The van der Waals surface area contributed by atoms with Crippen LogP contribution in [0.5, 0.6) is 0 Å². The molecular formula is C30H44N2O4. The van der Waals surface area contributed by atoms with Crippen LogP contribution in [-0.4, -0.2) is 31.0 Å². The normalized spacial score (nSPS) is 20.2. The van der Waals surface area contributed by atoms with Gasteiger partial charge in [0.2, 0.25) is 0 Å². The largest absolute Gasteiger partial charge is 0.445 e. The van der Waals surface area contributed by atoms with Crippen molar-refractivity contribution in [2.24, 2.45) is 11.8 Å². The highest BCUT2D eigenvalue weighted by atomic mass is 16.5. The molecule has 0 bridgehead atoms. The van der Waals surface area contributed by atoms with Crippen LogP contribution >= 0.6 is 0 Å². The third-order valence-electron chi connectivity index (χ3n) is 7.53. The van der Waals surface area contributed by atoms with Crippen LogP contribution in [0.25, 0.3) is 0 Å². The van der Waals surface area contributed by atoms with Gasteiger partial charge in [-0.3, -0.25) is 0 Å². The summed E-state index contributed by atoms with van der Waals surface area (Å²) in [4.78, 5) is 12.5. The molecule has 2 saturated carbocycles. The summed E-state index contributed by atoms with van der Waals surface area (Å²) in [7, 11) is 0. The van der Waals surface area contributed by atoms with Crippen LogP contribution in [0.2, 0.25) is 0 Å². The fourth-order valence-corrected chi connectivity index (χ4v) is 5.39. The van der Waals surface area contributed by atoms with E-state index in [1.165, 1.54) is 37.7 Å². The molecule has 4 rings (SSSR count). The predicted octanol–water partition coefficient (Wildman–Crippen LogP) is 7.31. The molecule has 198 valence electrons. The van der Waals surface area contributed by atoms with E-state index in [4.69, 9.17) is 14.0 Å². The molecule has 0 spiro atoms. The van der Waals surface area contributed by atoms with Crippen molar-refractivity contribution in [2.75, 3.05) is 19.8 Å². The van der Waals surface area contributed by atoms with Crippen molar-refractivity contribution in [1.82, 2.24) is 10.5 Å². The van der Waals surface area contributed by atoms with Gasteiger partial charge in [0.1, 0.15) is 12.4 Å². The van der Waals surface area contributed by atoms with Crippen LogP contribution in [0.1, 0.15) is 112 Å². The van der Waals surface area contributed by atoms with Gasteiger partial charge < -0.3 is 19.3 Å². The Hall–Kier alpha value is -2.34. The van der Waals surface area contributed by atoms with E-state index >= 15 is 0 Å². The number of alkyl carbamates (subject to hydrolysis) is 1. The first-order valence-electron chi connectivity index (χ1n) is 14.1. The molecular weight excluding hydrogens is 452 g/mol. The summed E-state index contributed by atoms with van der Waals surface area (Å²) in [6.07, 6.45) is 8.71. The van der Waals surface area contributed by atoms with Crippen molar-refractivity contribution < 1.29 is 18.8 Å². The van der Waals surface area contributed by atoms with Crippen molar-refractivity contribution >= 4 is 6.09 Å². The molecule has 6 heteroatoms. The molecule has 1 N–H and O–H groups in total. The maximum absolute atomic E-state index is 12.5. The van der Waals surface area contributed by atoms with Gasteiger partial charge in [-0.2, -0.15) is 0 Å². The maximum atomic E-state index is 12.5. The monoisotopic (exact) mass is 496 g/mol. The summed E-state index contributed by atoms with van der Waals surface area (Å²) >= 11 is 0. The molecule has 2 aliphatic carbocycles. The van der Waals surface area contributed by atoms with Gasteiger partial charge >= 0.3 is 6.09 Å². The summed E-state index contributed by atoms with van der Waals surface area (Å²) in [5, 5.41) is 7.62. The van der Waals surface area contributed by atoms with Gasteiger partial charge in [0.05, 0.1) is 5.69 Å². The van der Waals surface area contributed by atoms with Gasteiger partial charge in [0.25, 0.3) is 0 Å². The molecule has 1 atom stereocenters. The SMILES string of the molecule is CCCCOCC[C@H](CNC(=O)OCc1ccccc1)c1noc([C@H]2C[C@@H](CC(C)C)C2)c1C1CC1. The second-order valence-corrected chi connectivity index (χ2v) is 11.2. The van der Waals surface area contributed by atoms with Crippen molar-refractivity contribution in [3.05, 3.63) is 52.9 Å². The van der Waals surface area contributed by atoms with Crippen LogP contribution in [0.15, 0.2) is 34.9 Å². The van der Waals surface area contributed by atoms with E-state index in [2.05, 4.69) is 31.2 Å². The van der Waals surface area contributed by atoms with Crippen LogP contribution in [0.3, 0.4) is 0 Å². The Kier molecular flexibility index (Phi) is 9.85. The molecule has 2 aliphatic rings. The second-order valence-electron chi connectivity index (χ2n) is 11.2. The number of amides is 1. The first-order valence-corrected chi connectivity index (χ1v) is 14.1. The first-order chi connectivity index (χ1) is 17.5. The molecule has 36 heavy (non-hydrogen) atoms. The highest BCUT2D eigenvalue weighted by molar-refractivity contribution is 5.67. The number of rotatable bonds is 15. The predicted molar refractivity (Wildman–Crippen MR) is 141 cm³/mol. The van der Waals surface area contributed by atoms with Crippen molar-refractivity contribution in [2.45, 2.75) is 96.5 Å². The molecule has 1 aromatic carbocycles. The van der Waals surface area contributed by atoms with Crippen LogP contribution in [0.4, 0.5) is 4.79 Å². The lowest BCUT2D eigenvalue weighted by molar-refractivity contribution is 0.120. The molecule has 1 heterocycles. The zero-order valence-corrected chi connectivity index (χ0v) is 22.3. The van der Waals surface area contributed by atoms with Crippen LogP contribution < -0.4 is 5.32 Å². The first kappa shape index (κ1) is 26.7. The van der Waals surface area contributed by atoms with E-state index in [-0.39, 0.29) is 12.5 Å². The lowest BCUT2D eigenvalue weighted by Gasteiger charge is -2.35. The van der Waals surface area contributed by atoms with Crippen LogP contribution in [0, 0.1) is 11.8 Å². The minimum atomic E-state index is -0.400. The van der Waals surface area contributed by atoms with E-state index in [1.54, 1.807) is 0 Å². The number of benzene rings is 1. The maximum Gasteiger partial charge on any atom is 0.407 e.